The third-order valence-corrected chi connectivity index (χ3v) is 3.37. The van der Waals surface area contributed by atoms with Gasteiger partial charge in [-0.05, 0) is 18.9 Å². The SMILES string of the molecule is O=C(O)c1cnn2ccc(N3CCC(O)CC3)nc12. The Morgan fingerprint density at radius 1 is 1.37 bits per heavy atom. The topological polar surface area (TPSA) is 91.0 Å². The van der Waals surface area contributed by atoms with E-state index in [-0.39, 0.29) is 11.7 Å². The summed E-state index contributed by atoms with van der Waals surface area (Å²) in [5.74, 6) is -0.309. The number of rotatable bonds is 2. The van der Waals surface area contributed by atoms with Crippen LogP contribution in [0, 0.1) is 0 Å². The molecule has 0 unspecified atom stereocenters. The summed E-state index contributed by atoms with van der Waals surface area (Å²) >= 11 is 0. The zero-order chi connectivity index (χ0) is 13.4. The number of carbonyl (C=O) groups is 1. The van der Waals surface area contributed by atoms with Gasteiger partial charge >= 0.3 is 5.97 Å². The van der Waals surface area contributed by atoms with Crippen molar-refractivity contribution in [1.82, 2.24) is 14.6 Å². The molecule has 0 amide bonds. The Balaban J connectivity index is 1.96. The maximum absolute atomic E-state index is 11.1. The minimum Gasteiger partial charge on any atom is -0.477 e. The average molecular weight is 262 g/mol. The molecule has 7 heteroatoms. The van der Waals surface area contributed by atoms with Crippen molar-refractivity contribution in [1.29, 1.82) is 0 Å². The van der Waals surface area contributed by atoms with Crippen molar-refractivity contribution in [2.24, 2.45) is 0 Å². The lowest BCUT2D eigenvalue weighted by molar-refractivity contribution is 0.0698. The number of aromatic carboxylic acids is 1. The van der Waals surface area contributed by atoms with Gasteiger partial charge in [-0.15, -0.1) is 0 Å². The molecule has 1 aliphatic rings. The average Bonchev–Trinajstić information content (AvgIpc) is 2.82. The molecule has 1 fully saturated rings. The van der Waals surface area contributed by atoms with Gasteiger partial charge in [0.1, 0.15) is 11.4 Å². The summed E-state index contributed by atoms with van der Waals surface area (Å²) in [5, 5.41) is 22.5. The summed E-state index contributed by atoms with van der Waals surface area (Å²) in [4.78, 5) is 17.5. The molecule has 0 saturated carbocycles. The highest BCUT2D eigenvalue weighted by atomic mass is 16.4. The van der Waals surface area contributed by atoms with Gasteiger partial charge in [-0.1, -0.05) is 0 Å². The first kappa shape index (κ1) is 11.9. The summed E-state index contributed by atoms with van der Waals surface area (Å²) in [6, 6.07) is 1.81. The van der Waals surface area contributed by atoms with Gasteiger partial charge in [0.25, 0.3) is 0 Å². The summed E-state index contributed by atoms with van der Waals surface area (Å²) in [6.45, 7) is 1.45. The van der Waals surface area contributed by atoms with Crippen molar-refractivity contribution in [3.63, 3.8) is 0 Å². The maximum atomic E-state index is 11.1. The van der Waals surface area contributed by atoms with Gasteiger partial charge in [0.05, 0.1) is 12.3 Å². The fourth-order valence-corrected chi connectivity index (χ4v) is 2.28. The molecule has 3 heterocycles. The van der Waals surface area contributed by atoms with Crippen molar-refractivity contribution in [3.05, 3.63) is 24.0 Å². The molecule has 0 radical (unpaired) electrons. The molecule has 1 aliphatic heterocycles. The van der Waals surface area contributed by atoms with E-state index in [1.165, 1.54) is 10.7 Å². The van der Waals surface area contributed by atoms with Crippen molar-refractivity contribution in [3.8, 4) is 0 Å². The summed E-state index contributed by atoms with van der Waals surface area (Å²) in [6.07, 6.45) is 4.17. The van der Waals surface area contributed by atoms with E-state index in [0.717, 1.165) is 18.9 Å². The molecule has 0 aliphatic carbocycles. The highest BCUT2D eigenvalue weighted by Gasteiger charge is 2.20. The number of carboxylic acids is 1. The van der Waals surface area contributed by atoms with Gasteiger partial charge in [-0.2, -0.15) is 5.10 Å². The Kier molecular flexibility index (Phi) is 2.83. The van der Waals surface area contributed by atoms with Crippen LogP contribution in [0.15, 0.2) is 18.5 Å². The van der Waals surface area contributed by atoms with Crippen molar-refractivity contribution >= 4 is 17.4 Å². The predicted octanol–water partition coefficient (Wildman–Crippen LogP) is 0.389. The van der Waals surface area contributed by atoms with Crippen molar-refractivity contribution < 1.29 is 15.0 Å². The fourth-order valence-electron chi connectivity index (χ4n) is 2.28. The molecule has 0 aromatic carbocycles. The summed E-state index contributed by atoms with van der Waals surface area (Å²) in [5.41, 5.74) is 0.440. The van der Waals surface area contributed by atoms with E-state index in [4.69, 9.17) is 5.11 Å². The Morgan fingerprint density at radius 3 is 2.79 bits per heavy atom. The first-order chi connectivity index (χ1) is 9.15. The van der Waals surface area contributed by atoms with Crippen LogP contribution in [-0.4, -0.2) is 50.0 Å². The highest BCUT2D eigenvalue weighted by molar-refractivity contribution is 5.94. The van der Waals surface area contributed by atoms with E-state index >= 15 is 0 Å². The van der Waals surface area contributed by atoms with Crippen molar-refractivity contribution in [2.75, 3.05) is 18.0 Å². The molecule has 0 spiro atoms. The Bertz CT molecular complexity index is 616. The van der Waals surface area contributed by atoms with Crippen LogP contribution in [0.4, 0.5) is 5.82 Å². The van der Waals surface area contributed by atoms with Crippen LogP contribution < -0.4 is 4.90 Å². The minimum absolute atomic E-state index is 0.0962. The third-order valence-electron chi connectivity index (χ3n) is 3.37. The molecule has 0 bridgehead atoms. The van der Waals surface area contributed by atoms with Crippen LogP contribution >= 0.6 is 0 Å². The number of anilines is 1. The molecular weight excluding hydrogens is 248 g/mol. The molecule has 2 aromatic rings. The number of hydrogen-bond acceptors (Lipinski definition) is 5. The maximum Gasteiger partial charge on any atom is 0.341 e. The van der Waals surface area contributed by atoms with Gasteiger partial charge in [-0.3, -0.25) is 0 Å². The Labute approximate surface area is 109 Å². The third kappa shape index (κ3) is 2.12. The molecule has 3 rings (SSSR count). The largest absolute Gasteiger partial charge is 0.477 e. The molecular formula is C12H14N4O3. The smallest absolute Gasteiger partial charge is 0.341 e. The summed E-state index contributed by atoms with van der Waals surface area (Å²) in [7, 11) is 0. The van der Waals surface area contributed by atoms with E-state index in [0.29, 0.717) is 18.5 Å². The molecule has 1 saturated heterocycles. The number of nitrogens with zero attached hydrogens (tertiary/aromatic N) is 4. The number of fused-ring (bicyclic) bond motifs is 1. The van der Waals surface area contributed by atoms with Gasteiger partial charge < -0.3 is 15.1 Å². The Morgan fingerprint density at radius 2 is 2.11 bits per heavy atom. The first-order valence-corrected chi connectivity index (χ1v) is 6.16. The quantitative estimate of drug-likeness (QED) is 0.813. The lowest BCUT2D eigenvalue weighted by Gasteiger charge is -2.30. The second-order valence-corrected chi connectivity index (χ2v) is 4.64. The lowest BCUT2D eigenvalue weighted by atomic mass is 10.1. The predicted molar refractivity (Wildman–Crippen MR) is 67.4 cm³/mol. The monoisotopic (exact) mass is 262 g/mol. The molecule has 19 heavy (non-hydrogen) atoms. The van der Waals surface area contributed by atoms with Crippen LogP contribution in [0.3, 0.4) is 0 Å². The van der Waals surface area contributed by atoms with Gasteiger partial charge in [0.2, 0.25) is 0 Å². The second-order valence-electron chi connectivity index (χ2n) is 4.64. The molecule has 7 nitrogen and oxygen atoms in total. The molecule has 0 atom stereocenters. The number of aromatic nitrogens is 3. The van der Waals surface area contributed by atoms with E-state index in [2.05, 4.69) is 10.1 Å². The minimum atomic E-state index is -1.03. The van der Waals surface area contributed by atoms with E-state index in [9.17, 15) is 9.90 Å². The van der Waals surface area contributed by atoms with Gasteiger partial charge in [0, 0.05) is 19.3 Å². The highest BCUT2D eigenvalue weighted by Crippen LogP contribution is 2.19. The fraction of sp³-hybridized carbons (Fsp3) is 0.417. The zero-order valence-electron chi connectivity index (χ0n) is 10.2. The van der Waals surface area contributed by atoms with Crippen LogP contribution in [0.25, 0.3) is 5.65 Å². The van der Waals surface area contributed by atoms with Crippen LogP contribution in [0.2, 0.25) is 0 Å². The van der Waals surface area contributed by atoms with Crippen LogP contribution in [0.1, 0.15) is 23.2 Å². The van der Waals surface area contributed by atoms with Gasteiger partial charge in [0.15, 0.2) is 5.65 Å². The van der Waals surface area contributed by atoms with E-state index in [1.54, 1.807) is 6.20 Å². The standard InChI is InChI=1S/C12H14N4O3/c17-8-1-4-15(5-2-8)10-3-6-16-11(14-10)9(7-13-16)12(18)19/h3,6-8,17H,1-2,4-5H2,(H,18,19). The normalized spacial score (nSPS) is 17.0. The molecule has 2 aromatic heterocycles. The number of hydrogen-bond donors (Lipinski definition) is 2. The number of aliphatic hydroxyl groups excluding tert-OH is 1. The summed E-state index contributed by atoms with van der Waals surface area (Å²) < 4.78 is 1.45. The Hall–Kier alpha value is -2.15. The van der Waals surface area contributed by atoms with Crippen LogP contribution in [0.5, 0.6) is 0 Å². The molecule has 2 N–H and O–H groups in total. The van der Waals surface area contributed by atoms with Crippen molar-refractivity contribution in [2.45, 2.75) is 18.9 Å². The number of aliphatic hydroxyl groups is 1. The first-order valence-electron chi connectivity index (χ1n) is 6.16. The van der Waals surface area contributed by atoms with E-state index in [1.807, 2.05) is 11.0 Å². The lowest BCUT2D eigenvalue weighted by Crippen LogP contribution is -2.36. The van der Waals surface area contributed by atoms with Crippen LogP contribution in [-0.2, 0) is 0 Å². The van der Waals surface area contributed by atoms with E-state index < -0.39 is 5.97 Å². The zero-order valence-corrected chi connectivity index (χ0v) is 10.2. The second kappa shape index (κ2) is 4.51. The number of piperidine rings is 1. The van der Waals surface area contributed by atoms with Gasteiger partial charge in [-0.25, -0.2) is 14.3 Å². The molecule has 100 valence electrons. The number of carboxylic acid groups (broad SMARTS) is 1.